The van der Waals surface area contributed by atoms with Crippen molar-refractivity contribution >= 4 is 56.5 Å². The lowest BCUT2D eigenvalue weighted by molar-refractivity contribution is 0.252. The van der Waals surface area contributed by atoms with Crippen LogP contribution in [0.15, 0.2) is 70.2 Å². The Hall–Kier alpha value is -2.59. The van der Waals surface area contributed by atoms with Crippen LogP contribution in [0.3, 0.4) is 0 Å². The van der Waals surface area contributed by atoms with E-state index in [9.17, 15) is 4.79 Å². The third-order valence-corrected chi connectivity index (χ3v) is 5.63. The van der Waals surface area contributed by atoms with Gasteiger partial charge in [0.2, 0.25) is 0 Å². The highest BCUT2D eigenvalue weighted by Crippen LogP contribution is 2.36. The molecular weight excluding hydrogens is 573 g/mol. The van der Waals surface area contributed by atoms with E-state index < -0.39 is 6.03 Å². The van der Waals surface area contributed by atoms with E-state index in [0.29, 0.717) is 18.1 Å². The predicted molar refractivity (Wildman–Crippen MR) is 135 cm³/mol. The molecule has 0 unspecified atom stereocenters. The molecule has 3 aromatic rings. The van der Waals surface area contributed by atoms with E-state index in [1.165, 1.54) is 9.78 Å². The summed E-state index contributed by atoms with van der Waals surface area (Å²) in [6.45, 7) is 2.34. The summed E-state index contributed by atoms with van der Waals surface area (Å²) < 4.78 is 13.3. The Kier molecular flexibility index (Phi) is 8.30. The standard InChI is InChI=1S/C23H21BrIN3O3/c1-15-5-3-4-6-20(15)27-23(29)28-26-13-17-11-19(24)22(21(12-17)30-2)31-14-16-7-9-18(25)10-8-16/h3-13H,14H2,1-2H3,(H2,27,28,29). The number of halogens is 2. The van der Waals surface area contributed by atoms with Gasteiger partial charge in [-0.25, -0.2) is 10.2 Å². The van der Waals surface area contributed by atoms with Gasteiger partial charge in [-0.3, -0.25) is 0 Å². The first-order valence-electron chi connectivity index (χ1n) is 9.36. The van der Waals surface area contributed by atoms with Gasteiger partial charge in [0.25, 0.3) is 0 Å². The smallest absolute Gasteiger partial charge is 0.339 e. The zero-order valence-electron chi connectivity index (χ0n) is 17.0. The Bertz CT molecular complexity index is 1090. The summed E-state index contributed by atoms with van der Waals surface area (Å²) in [5, 5.41) is 6.77. The molecule has 0 spiro atoms. The average molecular weight is 594 g/mol. The van der Waals surface area contributed by atoms with E-state index in [2.05, 4.69) is 54.4 Å². The van der Waals surface area contributed by atoms with E-state index in [-0.39, 0.29) is 0 Å². The van der Waals surface area contributed by atoms with Crippen molar-refractivity contribution in [2.75, 3.05) is 12.4 Å². The number of carbonyl (C=O) groups excluding carboxylic acids is 1. The summed E-state index contributed by atoms with van der Waals surface area (Å²) in [7, 11) is 1.58. The molecule has 0 aliphatic carbocycles. The van der Waals surface area contributed by atoms with Gasteiger partial charge in [0, 0.05) is 9.26 Å². The minimum absolute atomic E-state index is 0.417. The van der Waals surface area contributed by atoms with Crippen molar-refractivity contribution in [3.05, 3.63) is 85.4 Å². The maximum atomic E-state index is 12.0. The Morgan fingerprint density at radius 3 is 2.61 bits per heavy atom. The molecule has 31 heavy (non-hydrogen) atoms. The molecule has 0 saturated carbocycles. The predicted octanol–water partition coefficient (Wildman–Crippen LogP) is 6.11. The molecule has 0 aromatic heterocycles. The highest BCUT2D eigenvalue weighted by atomic mass is 127. The van der Waals surface area contributed by atoms with Crippen LogP contribution in [0.1, 0.15) is 16.7 Å². The molecule has 3 rings (SSSR count). The maximum absolute atomic E-state index is 12.0. The molecule has 2 N–H and O–H groups in total. The Morgan fingerprint density at radius 1 is 1.16 bits per heavy atom. The normalized spacial score (nSPS) is 10.7. The molecule has 6 nitrogen and oxygen atoms in total. The summed E-state index contributed by atoms with van der Waals surface area (Å²) >= 11 is 5.80. The van der Waals surface area contributed by atoms with Crippen LogP contribution in [0, 0.1) is 10.5 Å². The number of carbonyl (C=O) groups is 1. The minimum Gasteiger partial charge on any atom is -0.493 e. The van der Waals surface area contributed by atoms with Gasteiger partial charge in [-0.05, 0) is 92.5 Å². The fourth-order valence-corrected chi connectivity index (χ4v) is 3.65. The number of hydrogen-bond donors (Lipinski definition) is 2. The second-order valence-corrected chi connectivity index (χ2v) is 8.69. The molecule has 0 atom stereocenters. The van der Waals surface area contributed by atoms with Gasteiger partial charge in [0.05, 0.1) is 17.8 Å². The van der Waals surface area contributed by atoms with Crippen LogP contribution in [-0.4, -0.2) is 19.4 Å². The molecule has 3 aromatic carbocycles. The zero-order chi connectivity index (χ0) is 22.2. The third kappa shape index (κ3) is 6.70. The number of hydrazone groups is 1. The second kappa shape index (κ2) is 11.1. The average Bonchev–Trinajstić information content (AvgIpc) is 2.75. The fraction of sp³-hybridized carbons (Fsp3) is 0.130. The Balaban J connectivity index is 1.64. The van der Waals surface area contributed by atoms with Gasteiger partial charge in [0.15, 0.2) is 11.5 Å². The van der Waals surface area contributed by atoms with E-state index in [0.717, 1.165) is 26.9 Å². The first kappa shape index (κ1) is 23.1. The molecule has 0 saturated heterocycles. The molecule has 2 amide bonds. The monoisotopic (exact) mass is 593 g/mol. The van der Waals surface area contributed by atoms with Crippen molar-refractivity contribution in [3.8, 4) is 11.5 Å². The van der Waals surface area contributed by atoms with Gasteiger partial charge in [-0.1, -0.05) is 30.3 Å². The van der Waals surface area contributed by atoms with Crippen molar-refractivity contribution in [3.63, 3.8) is 0 Å². The number of nitrogens with zero attached hydrogens (tertiary/aromatic N) is 1. The number of ether oxygens (including phenoxy) is 2. The summed E-state index contributed by atoms with van der Waals surface area (Å²) in [6, 6.07) is 18.9. The van der Waals surface area contributed by atoms with Crippen LogP contribution in [0.25, 0.3) is 0 Å². The number of aryl methyl sites for hydroxylation is 1. The van der Waals surface area contributed by atoms with Crippen LogP contribution in [-0.2, 0) is 6.61 Å². The van der Waals surface area contributed by atoms with Crippen LogP contribution in [0.5, 0.6) is 11.5 Å². The summed E-state index contributed by atoms with van der Waals surface area (Å²) in [5.74, 6) is 1.16. The quantitative estimate of drug-likeness (QED) is 0.197. The lowest BCUT2D eigenvalue weighted by atomic mass is 10.2. The van der Waals surface area contributed by atoms with Crippen molar-refractivity contribution in [1.29, 1.82) is 0 Å². The summed E-state index contributed by atoms with van der Waals surface area (Å²) in [5.41, 5.74) is 5.96. The van der Waals surface area contributed by atoms with E-state index in [1.54, 1.807) is 13.2 Å². The van der Waals surface area contributed by atoms with Gasteiger partial charge in [0.1, 0.15) is 6.61 Å². The van der Waals surface area contributed by atoms with E-state index in [4.69, 9.17) is 9.47 Å². The molecule has 0 heterocycles. The lowest BCUT2D eigenvalue weighted by Crippen LogP contribution is -2.24. The first-order chi connectivity index (χ1) is 15.0. The van der Waals surface area contributed by atoms with Gasteiger partial charge in [-0.2, -0.15) is 5.10 Å². The molecule has 0 aliphatic heterocycles. The highest BCUT2D eigenvalue weighted by Gasteiger charge is 2.12. The SMILES string of the molecule is COc1cc(C=NNC(=O)Nc2ccccc2C)cc(Br)c1OCc1ccc(I)cc1. The van der Waals surface area contributed by atoms with Gasteiger partial charge in [-0.15, -0.1) is 0 Å². The fourth-order valence-electron chi connectivity index (χ4n) is 2.72. The molecular formula is C23H21BrIN3O3. The van der Waals surface area contributed by atoms with E-state index in [1.807, 2.05) is 61.5 Å². The topological polar surface area (TPSA) is 72.0 Å². The molecule has 0 aliphatic rings. The summed E-state index contributed by atoms with van der Waals surface area (Å²) in [4.78, 5) is 12.0. The highest BCUT2D eigenvalue weighted by molar-refractivity contribution is 14.1. The number of nitrogens with one attached hydrogen (secondary N) is 2. The summed E-state index contributed by atoms with van der Waals surface area (Å²) in [6.07, 6.45) is 1.54. The molecule has 0 fully saturated rings. The van der Waals surface area contributed by atoms with Gasteiger partial charge < -0.3 is 14.8 Å². The molecule has 160 valence electrons. The largest absolute Gasteiger partial charge is 0.493 e. The first-order valence-corrected chi connectivity index (χ1v) is 11.2. The number of methoxy groups -OCH3 is 1. The number of rotatable bonds is 7. The van der Waals surface area contributed by atoms with Crippen molar-refractivity contribution < 1.29 is 14.3 Å². The number of para-hydroxylation sites is 1. The second-order valence-electron chi connectivity index (χ2n) is 6.59. The van der Waals surface area contributed by atoms with Crippen LogP contribution >= 0.6 is 38.5 Å². The number of benzene rings is 3. The number of hydrogen-bond acceptors (Lipinski definition) is 4. The van der Waals surface area contributed by atoms with Crippen LogP contribution in [0.4, 0.5) is 10.5 Å². The third-order valence-electron chi connectivity index (χ3n) is 4.32. The number of urea groups is 1. The number of anilines is 1. The van der Waals surface area contributed by atoms with Crippen LogP contribution < -0.4 is 20.2 Å². The lowest BCUT2D eigenvalue weighted by Gasteiger charge is -2.13. The van der Waals surface area contributed by atoms with Crippen molar-refractivity contribution in [1.82, 2.24) is 5.43 Å². The van der Waals surface area contributed by atoms with Crippen molar-refractivity contribution in [2.24, 2.45) is 5.10 Å². The van der Waals surface area contributed by atoms with E-state index >= 15 is 0 Å². The number of amides is 2. The van der Waals surface area contributed by atoms with Crippen LogP contribution in [0.2, 0.25) is 0 Å². The Labute approximate surface area is 203 Å². The molecule has 8 heteroatoms. The minimum atomic E-state index is -0.422. The van der Waals surface area contributed by atoms with Gasteiger partial charge >= 0.3 is 6.03 Å². The zero-order valence-corrected chi connectivity index (χ0v) is 20.7. The molecule has 0 radical (unpaired) electrons. The molecule has 0 bridgehead atoms. The van der Waals surface area contributed by atoms with Crippen molar-refractivity contribution in [2.45, 2.75) is 13.5 Å². The Morgan fingerprint density at radius 2 is 1.90 bits per heavy atom. The maximum Gasteiger partial charge on any atom is 0.339 e.